The molecule has 3 rings (SSSR count). The van der Waals surface area contributed by atoms with Gasteiger partial charge in [0.05, 0.1) is 17.8 Å². The second-order valence-corrected chi connectivity index (χ2v) is 7.19. The van der Waals surface area contributed by atoms with Crippen molar-refractivity contribution in [3.05, 3.63) is 64.7 Å². The van der Waals surface area contributed by atoms with Crippen molar-refractivity contribution in [1.29, 1.82) is 0 Å². The molecule has 0 aromatic heterocycles. The van der Waals surface area contributed by atoms with Gasteiger partial charge in [-0.15, -0.1) is 0 Å². The molecule has 0 spiro atoms. The molecule has 1 saturated heterocycles. The molecule has 148 valence electrons. The maximum atomic E-state index is 12.6. The average molecular weight is 403 g/mol. The van der Waals surface area contributed by atoms with Crippen LogP contribution in [-0.2, 0) is 10.3 Å². The van der Waals surface area contributed by atoms with Crippen LogP contribution in [0, 0.1) is 0 Å². The summed E-state index contributed by atoms with van der Waals surface area (Å²) in [6.45, 7) is 2.87. The molecule has 1 heterocycles. The molecule has 2 aromatic carbocycles. The number of carbonyl (C=O) groups excluding carboxylic acids is 2. The number of hydrogen-bond donors (Lipinski definition) is 2. The Morgan fingerprint density at radius 3 is 2.50 bits per heavy atom. The summed E-state index contributed by atoms with van der Waals surface area (Å²) in [5.41, 5.74) is 0.745. The predicted molar refractivity (Wildman–Crippen MR) is 108 cm³/mol. The molecule has 1 aliphatic heterocycles. The van der Waals surface area contributed by atoms with Gasteiger partial charge in [-0.25, -0.2) is 9.59 Å². The highest BCUT2D eigenvalue weighted by atomic mass is 35.5. The van der Waals surface area contributed by atoms with Gasteiger partial charge in [0.15, 0.2) is 0 Å². The monoisotopic (exact) mass is 402 g/mol. The summed E-state index contributed by atoms with van der Waals surface area (Å²) < 4.78 is 4.98. The van der Waals surface area contributed by atoms with Gasteiger partial charge in [0.1, 0.15) is 0 Å². The highest BCUT2D eigenvalue weighted by Crippen LogP contribution is 2.33. The summed E-state index contributed by atoms with van der Waals surface area (Å²) in [5.74, 6) is -0.426. The highest BCUT2D eigenvalue weighted by molar-refractivity contribution is 6.30. The van der Waals surface area contributed by atoms with Crippen molar-refractivity contribution in [2.45, 2.75) is 25.4 Å². The third-order valence-electron chi connectivity index (χ3n) is 4.88. The topological polar surface area (TPSA) is 78.9 Å². The summed E-state index contributed by atoms with van der Waals surface area (Å²) in [6, 6.07) is 13.5. The van der Waals surface area contributed by atoms with Gasteiger partial charge in [0.25, 0.3) is 0 Å². The van der Waals surface area contributed by atoms with E-state index in [4.69, 9.17) is 16.3 Å². The lowest BCUT2D eigenvalue weighted by Crippen LogP contribution is -2.46. The van der Waals surface area contributed by atoms with Crippen LogP contribution < -0.4 is 5.32 Å². The fraction of sp³-hybridized carbons (Fsp3) is 0.333. The van der Waals surface area contributed by atoms with E-state index in [1.165, 1.54) is 0 Å². The number of likely N-dealkylation sites (tertiary alicyclic amines) is 1. The first-order chi connectivity index (χ1) is 13.4. The molecular formula is C21H23ClN2O4. The van der Waals surface area contributed by atoms with Crippen molar-refractivity contribution < 1.29 is 19.4 Å². The van der Waals surface area contributed by atoms with Crippen LogP contribution in [0.4, 0.5) is 10.5 Å². The molecule has 28 heavy (non-hydrogen) atoms. The van der Waals surface area contributed by atoms with Crippen LogP contribution in [0.2, 0.25) is 5.02 Å². The van der Waals surface area contributed by atoms with Crippen LogP contribution in [0.1, 0.15) is 35.7 Å². The van der Waals surface area contributed by atoms with Crippen molar-refractivity contribution in [3.8, 4) is 0 Å². The quantitative estimate of drug-likeness (QED) is 0.757. The summed E-state index contributed by atoms with van der Waals surface area (Å²) in [6.07, 6.45) is 0.871. The van der Waals surface area contributed by atoms with E-state index in [0.29, 0.717) is 48.8 Å². The molecular weight excluding hydrogens is 380 g/mol. The number of aliphatic hydroxyl groups is 1. The summed E-state index contributed by atoms with van der Waals surface area (Å²) in [5, 5.41) is 14.3. The minimum Gasteiger partial charge on any atom is -0.462 e. The molecule has 0 saturated carbocycles. The van der Waals surface area contributed by atoms with Crippen molar-refractivity contribution in [3.63, 3.8) is 0 Å². The Balaban J connectivity index is 1.60. The summed E-state index contributed by atoms with van der Waals surface area (Å²) in [4.78, 5) is 26.1. The zero-order valence-electron chi connectivity index (χ0n) is 15.7. The van der Waals surface area contributed by atoms with Gasteiger partial charge in [-0.3, -0.25) is 0 Å². The van der Waals surface area contributed by atoms with E-state index in [1.54, 1.807) is 48.2 Å². The molecule has 1 aliphatic rings. The molecule has 0 radical (unpaired) electrons. The van der Waals surface area contributed by atoms with Crippen LogP contribution in [-0.4, -0.2) is 41.7 Å². The molecule has 2 aromatic rings. The van der Waals surface area contributed by atoms with E-state index in [-0.39, 0.29) is 6.03 Å². The number of nitrogens with zero attached hydrogens (tertiary/aromatic N) is 1. The lowest BCUT2D eigenvalue weighted by Gasteiger charge is -2.38. The smallest absolute Gasteiger partial charge is 0.338 e. The Bertz CT molecular complexity index is 846. The number of halogens is 1. The van der Waals surface area contributed by atoms with Gasteiger partial charge < -0.3 is 20.1 Å². The number of esters is 1. The summed E-state index contributed by atoms with van der Waals surface area (Å²) in [7, 11) is 0. The van der Waals surface area contributed by atoms with E-state index in [0.717, 1.165) is 5.56 Å². The number of hydrogen-bond acceptors (Lipinski definition) is 4. The van der Waals surface area contributed by atoms with Gasteiger partial charge >= 0.3 is 12.0 Å². The van der Waals surface area contributed by atoms with Crippen molar-refractivity contribution in [1.82, 2.24) is 4.90 Å². The fourth-order valence-electron chi connectivity index (χ4n) is 3.27. The minimum absolute atomic E-state index is 0.265. The maximum absolute atomic E-state index is 12.6. The van der Waals surface area contributed by atoms with E-state index in [9.17, 15) is 14.7 Å². The molecule has 6 nitrogen and oxygen atoms in total. The number of piperidine rings is 1. The van der Waals surface area contributed by atoms with Crippen molar-refractivity contribution in [2.24, 2.45) is 0 Å². The lowest BCUT2D eigenvalue weighted by atomic mass is 9.84. The zero-order chi connectivity index (χ0) is 20.1. The Morgan fingerprint density at radius 1 is 1.18 bits per heavy atom. The first kappa shape index (κ1) is 20.2. The molecule has 1 fully saturated rings. The number of nitrogens with one attached hydrogen (secondary N) is 1. The van der Waals surface area contributed by atoms with Gasteiger partial charge in [-0.2, -0.15) is 0 Å². The molecule has 0 atom stereocenters. The summed E-state index contributed by atoms with van der Waals surface area (Å²) >= 11 is 5.91. The Labute approximate surface area is 169 Å². The second-order valence-electron chi connectivity index (χ2n) is 6.76. The minimum atomic E-state index is -0.967. The Kier molecular flexibility index (Phi) is 6.21. The Morgan fingerprint density at radius 2 is 1.86 bits per heavy atom. The molecule has 2 amide bonds. The normalized spacial score (nSPS) is 15.8. The Hall–Kier alpha value is -2.57. The van der Waals surface area contributed by atoms with Crippen LogP contribution >= 0.6 is 11.6 Å². The van der Waals surface area contributed by atoms with E-state index in [2.05, 4.69) is 5.32 Å². The van der Waals surface area contributed by atoms with E-state index in [1.807, 2.05) is 12.1 Å². The van der Waals surface area contributed by atoms with Crippen molar-refractivity contribution in [2.75, 3.05) is 25.0 Å². The predicted octanol–water partition coefficient (Wildman–Crippen LogP) is 4.03. The third kappa shape index (κ3) is 4.64. The van der Waals surface area contributed by atoms with Gasteiger partial charge in [-0.05, 0) is 55.7 Å². The van der Waals surface area contributed by atoms with Crippen LogP contribution in [0.15, 0.2) is 48.5 Å². The zero-order valence-corrected chi connectivity index (χ0v) is 16.4. The fourth-order valence-corrected chi connectivity index (χ4v) is 3.40. The number of benzene rings is 2. The number of carbonyl (C=O) groups is 2. The number of anilines is 1. The number of rotatable bonds is 4. The lowest BCUT2D eigenvalue weighted by molar-refractivity contribution is -0.0157. The van der Waals surface area contributed by atoms with E-state index >= 15 is 0 Å². The molecule has 2 N–H and O–H groups in total. The molecule has 7 heteroatoms. The molecule has 0 bridgehead atoms. The first-order valence-corrected chi connectivity index (χ1v) is 9.60. The standard InChI is InChI=1S/C21H23ClN2O4/c1-2-28-19(25)15-4-3-5-18(14-15)23-20(26)24-12-10-21(27,11-13-24)16-6-8-17(22)9-7-16/h3-9,14,27H,2,10-13H2,1H3,(H,23,26). The molecule has 0 aliphatic carbocycles. The van der Waals surface area contributed by atoms with Crippen LogP contribution in [0.5, 0.6) is 0 Å². The highest BCUT2D eigenvalue weighted by Gasteiger charge is 2.35. The third-order valence-corrected chi connectivity index (χ3v) is 5.14. The van der Waals surface area contributed by atoms with Crippen molar-refractivity contribution >= 4 is 29.3 Å². The number of amides is 2. The van der Waals surface area contributed by atoms with Gasteiger partial charge in [-0.1, -0.05) is 29.8 Å². The first-order valence-electron chi connectivity index (χ1n) is 9.23. The van der Waals surface area contributed by atoms with Crippen LogP contribution in [0.3, 0.4) is 0 Å². The van der Waals surface area contributed by atoms with Gasteiger partial charge in [0.2, 0.25) is 0 Å². The second kappa shape index (κ2) is 8.63. The average Bonchev–Trinajstić information content (AvgIpc) is 2.69. The number of ether oxygens (including phenoxy) is 1. The van der Waals surface area contributed by atoms with Gasteiger partial charge in [0, 0.05) is 23.8 Å². The largest absolute Gasteiger partial charge is 0.462 e. The van der Waals surface area contributed by atoms with Crippen LogP contribution in [0.25, 0.3) is 0 Å². The molecule has 0 unspecified atom stereocenters. The number of urea groups is 1. The SMILES string of the molecule is CCOC(=O)c1cccc(NC(=O)N2CCC(O)(c3ccc(Cl)cc3)CC2)c1. The maximum Gasteiger partial charge on any atom is 0.338 e. The van der Waals surface area contributed by atoms with E-state index < -0.39 is 11.6 Å².